The Hall–Kier alpha value is -6.60. The minimum atomic E-state index is -2.83. The molecule has 2 unspecified atom stereocenters. The number of likely N-dealkylation sites (N-methyl/N-ethyl adjacent to an activating group) is 1. The average Bonchev–Trinajstić information content (AvgIpc) is 3.57. The van der Waals surface area contributed by atoms with Gasteiger partial charge in [-0.15, -0.1) is 0 Å². The van der Waals surface area contributed by atoms with Crippen LogP contribution in [0.2, 0.25) is 0 Å². The van der Waals surface area contributed by atoms with Crippen molar-refractivity contribution in [2.45, 2.75) is 50.9 Å². The molecule has 3 amide bonds. The zero-order valence-corrected chi connectivity index (χ0v) is 33.9. The van der Waals surface area contributed by atoms with Gasteiger partial charge in [-0.25, -0.2) is 9.59 Å². The monoisotopic (exact) mass is 833 g/mol. The van der Waals surface area contributed by atoms with Crippen molar-refractivity contribution in [3.63, 3.8) is 0 Å². The number of aliphatic hydroxyl groups excluding tert-OH is 2. The molecule has 0 spiro atoms. The summed E-state index contributed by atoms with van der Waals surface area (Å²) in [5, 5.41) is 48.9. The van der Waals surface area contributed by atoms with Crippen molar-refractivity contribution in [1.29, 1.82) is 0 Å². The number of benzene rings is 2. The van der Waals surface area contributed by atoms with Crippen LogP contribution >= 0.6 is 0 Å². The summed E-state index contributed by atoms with van der Waals surface area (Å²) in [6, 6.07) is 6.82. The van der Waals surface area contributed by atoms with Crippen LogP contribution in [0.4, 0.5) is 16.2 Å². The first-order chi connectivity index (χ1) is 28.3. The molecular weight excluding hydrogens is 786 g/mol. The second kappa shape index (κ2) is 16.6. The van der Waals surface area contributed by atoms with Crippen molar-refractivity contribution in [3.05, 3.63) is 80.5 Å². The number of nitrogens with one attached hydrogen (secondary N) is 1. The van der Waals surface area contributed by atoms with E-state index in [1.165, 1.54) is 18.1 Å². The van der Waals surface area contributed by atoms with E-state index in [0.717, 1.165) is 4.90 Å². The minimum absolute atomic E-state index is 0.0252. The smallest absolute Gasteiger partial charge is 0.510 e. The number of phenolic OH excluding ortho intramolecular Hbond substituents is 1. The molecule has 3 aromatic rings. The van der Waals surface area contributed by atoms with Crippen molar-refractivity contribution >= 4 is 40.8 Å². The number of hydrogen-bond acceptors (Lipinski definition) is 16. The number of Topliss-reactive ketones (excluding diaryl/α,β-unsaturated/α-hetero) is 2. The van der Waals surface area contributed by atoms with Gasteiger partial charge in [0.25, 0.3) is 5.91 Å². The Balaban J connectivity index is 1.28. The quantitative estimate of drug-likeness (QED) is 0.107. The highest BCUT2D eigenvalue weighted by Crippen LogP contribution is 2.54. The summed E-state index contributed by atoms with van der Waals surface area (Å²) >= 11 is 0. The molecule has 6 rings (SSSR count). The number of ether oxygens (including phenoxy) is 2. The Morgan fingerprint density at radius 1 is 1.03 bits per heavy atom. The van der Waals surface area contributed by atoms with Crippen LogP contribution in [-0.4, -0.2) is 120 Å². The zero-order valence-electron chi connectivity index (χ0n) is 33.9. The van der Waals surface area contributed by atoms with Gasteiger partial charge in [-0.2, -0.15) is 0 Å². The SMILES string of the molecule is CCCCN(CC(=O)Nc1cc(N(C)C)c2c(c1O)C(=O)C1=C(O)[C@]3(O)C(=O)C(C(N)=O)=C(O)[C@@H](N(C)C)C3CC1C2)C(=O)OCc1oc(=O)oc1-c1ccc(OC)cc1. The second-order valence-electron chi connectivity index (χ2n) is 15.3. The van der Waals surface area contributed by atoms with Crippen LogP contribution in [0, 0.1) is 11.8 Å². The molecule has 1 heterocycles. The molecule has 0 fully saturated rings. The molecule has 3 aliphatic rings. The Bertz CT molecular complexity index is 2380. The number of unbranched alkanes of at least 4 members (excludes halogenated alkanes) is 1. The van der Waals surface area contributed by atoms with Gasteiger partial charge in [-0.3, -0.25) is 29.0 Å². The Morgan fingerprint density at radius 3 is 2.32 bits per heavy atom. The molecule has 3 aliphatic carbocycles. The number of aromatic hydroxyl groups is 1. The fourth-order valence-corrected chi connectivity index (χ4v) is 8.32. The van der Waals surface area contributed by atoms with Crippen LogP contribution in [-0.2, 0) is 32.1 Å². The number of carbonyl (C=O) groups is 5. The van der Waals surface area contributed by atoms with Crippen LogP contribution in [0.15, 0.2) is 66.6 Å². The third-order valence-electron chi connectivity index (χ3n) is 11.2. The number of fused-ring (bicyclic) bond motifs is 3. The molecule has 4 atom stereocenters. The predicted molar refractivity (Wildman–Crippen MR) is 213 cm³/mol. The maximum Gasteiger partial charge on any atom is 0.519 e. The molecule has 7 N–H and O–H groups in total. The number of nitrogens with zero attached hydrogens (tertiary/aromatic N) is 3. The molecule has 0 saturated carbocycles. The number of allylic oxidation sites excluding steroid dienone is 1. The fraction of sp³-hybridized carbons (Fsp3) is 0.415. The van der Waals surface area contributed by atoms with Crippen molar-refractivity contribution in [2.75, 3.05) is 58.6 Å². The number of anilines is 2. The van der Waals surface area contributed by atoms with E-state index >= 15 is 0 Å². The van der Waals surface area contributed by atoms with Crippen LogP contribution in [0.1, 0.15) is 47.9 Å². The number of hydrogen-bond donors (Lipinski definition) is 6. The van der Waals surface area contributed by atoms with Crippen molar-refractivity contribution in [3.8, 4) is 22.8 Å². The minimum Gasteiger partial charge on any atom is -0.510 e. The van der Waals surface area contributed by atoms with Gasteiger partial charge in [0.15, 0.2) is 35.3 Å². The van der Waals surface area contributed by atoms with E-state index in [1.54, 1.807) is 57.4 Å². The maximum atomic E-state index is 14.4. The third-order valence-corrected chi connectivity index (χ3v) is 11.2. The van der Waals surface area contributed by atoms with Gasteiger partial charge < -0.3 is 54.7 Å². The van der Waals surface area contributed by atoms with Crippen LogP contribution in [0.3, 0.4) is 0 Å². The van der Waals surface area contributed by atoms with Crippen molar-refractivity contribution in [1.82, 2.24) is 9.80 Å². The molecule has 0 bridgehead atoms. The summed E-state index contributed by atoms with van der Waals surface area (Å²) in [4.78, 5) is 83.7. The molecule has 320 valence electrons. The lowest BCUT2D eigenvalue weighted by Crippen LogP contribution is -2.63. The number of methoxy groups -OCH3 is 1. The van der Waals surface area contributed by atoms with Crippen LogP contribution in [0.25, 0.3) is 11.3 Å². The Morgan fingerprint density at radius 2 is 1.72 bits per heavy atom. The van der Waals surface area contributed by atoms with Crippen molar-refractivity contribution < 1.29 is 62.7 Å². The van der Waals surface area contributed by atoms with E-state index in [0.29, 0.717) is 35.4 Å². The first-order valence-electron chi connectivity index (χ1n) is 19.0. The highest BCUT2D eigenvalue weighted by atomic mass is 16.6. The zero-order chi connectivity index (χ0) is 44.0. The third kappa shape index (κ3) is 7.45. The lowest BCUT2D eigenvalue weighted by molar-refractivity contribution is -0.148. The van der Waals surface area contributed by atoms with E-state index in [1.807, 2.05) is 6.92 Å². The lowest BCUT2D eigenvalue weighted by Gasteiger charge is -2.50. The molecule has 2 aromatic carbocycles. The van der Waals surface area contributed by atoms with Gasteiger partial charge in [0.05, 0.1) is 24.4 Å². The summed E-state index contributed by atoms with van der Waals surface area (Å²) in [6.07, 6.45) is 0.117. The molecule has 0 aliphatic heterocycles. The number of amides is 3. The number of primary amides is 1. The molecule has 0 saturated heterocycles. The van der Waals surface area contributed by atoms with E-state index in [2.05, 4.69) is 5.32 Å². The van der Waals surface area contributed by atoms with Gasteiger partial charge in [-0.05, 0) is 75.2 Å². The predicted octanol–water partition coefficient (Wildman–Crippen LogP) is 2.79. The average molecular weight is 834 g/mol. The Kier molecular flexibility index (Phi) is 11.9. The molecular formula is C41H47N5O14. The normalized spacial score (nSPS) is 21.0. The van der Waals surface area contributed by atoms with Gasteiger partial charge >= 0.3 is 11.9 Å². The lowest BCUT2D eigenvalue weighted by atomic mass is 9.58. The molecule has 1 aromatic heterocycles. The summed E-state index contributed by atoms with van der Waals surface area (Å²) < 4.78 is 20.9. The number of aliphatic hydroxyl groups is 3. The highest BCUT2D eigenvalue weighted by molar-refractivity contribution is 6.25. The molecule has 19 nitrogen and oxygen atoms in total. The fourth-order valence-electron chi connectivity index (χ4n) is 8.32. The molecule has 0 radical (unpaired) electrons. The summed E-state index contributed by atoms with van der Waals surface area (Å²) in [5.74, 6) is -9.32. The van der Waals surface area contributed by atoms with Gasteiger partial charge in [0, 0.05) is 43.4 Å². The summed E-state index contributed by atoms with van der Waals surface area (Å²) in [6.45, 7) is 0.873. The van der Waals surface area contributed by atoms with E-state index < -0.39 is 94.8 Å². The van der Waals surface area contributed by atoms with Gasteiger partial charge in [0.1, 0.15) is 29.4 Å². The Labute approximate surface area is 343 Å². The number of rotatable bonds is 13. The van der Waals surface area contributed by atoms with E-state index in [4.69, 9.17) is 24.0 Å². The van der Waals surface area contributed by atoms with Gasteiger partial charge in [0.2, 0.25) is 11.7 Å². The number of nitrogens with two attached hydrogens (primary N) is 1. The topological polar surface area (TPSA) is 276 Å². The second-order valence-corrected chi connectivity index (χ2v) is 15.3. The number of phenols is 1. The summed E-state index contributed by atoms with van der Waals surface area (Å²) in [7, 11) is 7.92. The number of ketones is 2. The molecule has 60 heavy (non-hydrogen) atoms. The van der Waals surface area contributed by atoms with Crippen molar-refractivity contribution in [2.24, 2.45) is 17.6 Å². The van der Waals surface area contributed by atoms with Crippen LogP contribution in [0.5, 0.6) is 11.5 Å². The molecule has 19 heteroatoms. The van der Waals surface area contributed by atoms with E-state index in [9.17, 15) is 49.2 Å². The van der Waals surface area contributed by atoms with Crippen LogP contribution < -0.4 is 26.5 Å². The van der Waals surface area contributed by atoms with E-state index in [-0.39, 0.29) is 47.7 Å². The highest BCUT2D eigenvalue weighted by Gasteiger charge is 2.63. The standard InChI is InChI=1S/C41H47N5O14/c1-7-8-13-46(39(54)58-18-26-35(60-40(55)59-26)19-9-11-21(57-6)12-10-19)17-27(47)43-24-16-25(44(2)3)22-14-20-15-23-31(45(4)5)34(50)30(38(42)53)37(52)41(23,56)36(51)28(20)33(49)29(22)32(24)48/h9-12,16,20,23,31,48,50-51,56H,7-8,13-15,17-18H2,1-6H3,(H2,42,53)(H,43,47)/t20?,23?,31-,41-/m0/s1. The first-order valence-corrected chi connectivity index (χ1v) is 19.0. The largest absolute Gasteiger partial charge is 0.519 e. The van der Waals surface area contributed by atoms with Gasteiger partial charge in [-0.1, -0.05) is 13.3 Å². The number of carbonyl (C=O) groups excluding carboxylic acids is 5. The maximum absolute atomic E-state index is 14.4. The summed E-state index contributed by atoms with van der Waals surface area (Å²) in [5.41, 5.74) is 1.99. The first kappa shape index (κ1) is 43.0.